The molecular weight excluding hydrogens is 239 g/mol. The molecule has 0 fully saturated rings. The maximum Gasteiger partial charge on any atom is 0.143 e. The Morgan fingerprint density at radius 1 is 1.62 bits per heavy atom. The van der Waals surface area contributed by atoms with E-state index in [9.17, 15) is 4.39 Å². The molecule has 13 heavy (non-hydrogen) atoms. The van der Waals surface area contributed by atoms with Crippen LogP contribution in [0.4, 0.5) is 4.39 Å². The maximum atomic E-state index is 12.6. The molecule has 5 heteroatoms. The molecular formula is C8H8BrFN2O. The van der Waals surface area contributed by atoms with E-state index in [1.54, 1.807) is 6.07 Å². The van der Waals surface area contributed by atoms with Crippen molar-refractivity contribution in [3.8, 4) is 0 Å². The first-order valence-electron chi connectivity index (χ1n) is 3.54. The second kappa shape index (κ2) is 4.23. The number of halogens is 2. The number of benzene rings is 1. The highest BCUT2D eigenvalue weighted by molar-refractivity contribution is 9.10. The topological polar surface area (TPSA) is 58.6 Å². The molecule has 0 radical (unpaired) electrons. The highest BCUT2D eigenvalue weighted by Crippen LogP contribution is 2.18. The third-order valence-electron chi connectivity index (χ3n) is 1.52. The van der Waals surface area contributed by atoms with Gasteiger partial charge in [-0.1, -0.05) is 27.2 Å². The van der Waals surface area contributed by atoms with Crippen molar-refractivity contribution in [1.82, 2.24) is 0 Å². The van der Waals surface area contributed by atoms with Gasteiger partial charge in [0.25, 0.3) is 0 Å². The summed E-state index contributed by atoms with van der Waals surface area (Å²) in [4.78, 5) is 0. The molecule has 1 rings (SSSR count). The van der Waals surface area contributed by atoms with Gasteiger partial charge in [0.2, 0.25) is 0 Å². The number of rotatable bonds is 2. The lowest BCUT2D eigenvalue weighted by atomic mass is 10.1. The van der Waals surface area contributed by atoms with E-state index < -0.39 is 0 Å². The first-order chi connectivity index (χ1) is 6.13. The Balaban J connectivity index is 2.90. The molecule has 0 spiro atoms. The number of hydrogen-bond acceptors (Lipinski definition) is 2. The maximum absolute atomic E-state index is 12.6. The summed E-state index contributed by atoms with van der Waals surface area (Å²) in [5.41, 5.74) is 6.07. The van der Waals surface area contributed by atoms with Crippen LogP contribution in [0.5, 0.6) is 0 Å². The van der Waals surface area contributed by atoms with Crippen LogP contribution in [0.15, 0.2) is 27.8 Å². The smallest absolute Gasteiger partial charge is 0.143 e. The van der Waals surface area contributed by atoms with Gasteiger partial charge in [0, 0.05) is 10.9 Å². The Labute approximate surface area is 83.2 Å². The predicted molar refractivity (Wildman–Crippen MR) is 51.2 cm³/mol. The van der Waals surface area contributed by atoms with Crippen LogP contribution in [0.3, 0.4) is 0 Å². The summed E-state index contributed by atoms with van der Waals surface area (Å²) < 4.78 is 13.2. The second-order valence-electron chi connectivity index (χ2n) is 2.50. The van der Waals surface area contributed by atoms with Crippen molar-refractivity contribution < 1.29 is 9.60 Å². The summed E-state index contributed by atoms with van der Waals surface area (Å²) in [5, 5.41) is 11.1. The number of oxime groups is 1. The van der Waals surface area contributed by atoms with E-state index in [2.05, 4.69) is 21.1 Å². The van der Waals surface area contributed by atoms with E-state index in [4.69, 9.17) is 10.9 Å². The molecule has 3 nitrogen and oxygen atoms in total. The van der Waals surface area contributed by atoms with Crippen molar-refractivity contribution in [1.29, 1.82) is 0 Å². The minimum absolute atomic E-state index is 0.0901. The molecule has 0 aliphatic heterocycles. The van der Waals surface area contributed by atoms with Gasteiger partial charge in [-0.05, 0) is 17.7 Å². The molecule has 0 unspecified atom stereocenters. The van der Waals surface area contributed by atoms with Crippen LogP contribution >= 0.6 is 15.9 Å². The lowest BCUT2D eigenvalue weighted by molar-refractivity contribution is 0.317. The Morgan fingerprint density at radius 3 is 2.85 bits per heavy atom. The van der Waals surface area contributed by atoms with Gasteiger partial charge in [-0.3, -0.25) is 0 Å². The summed E-state index contributed by atoms with van der Waals surface area (Å²) >= 11 is 3.17. The average molecular weight is 247 g/mol. The van der Waals surface area contributed by atoms with Crippen molar-refractivity contribution in [3.63, 3.8) is 0 Å². The highest BCUT2D eigenvalue weighted by Gasteiger charge is 2.03. The first kappa shape index (κ1) is 9.98. The van der Waals surface area contributed by atoms with E-state index in [1.807, 2.05) is 0 Å². The van der Waals surface area contributed by atoms with E-state index in [0.717, 1.165) is 5.56 Å². The van der Waals surface area contributed by atoms with Gasteiger partial charge in [-0.2, -0.15) is 0 Å². The standard InChI is InChI=1S/C8H8BrFN2O/c9-7-4-6(10)2-1-5(7)3-8(11)12-13/h1-2,4,13H,3H2,(H2,11,12). The molecule has 0 amide bonds. The molecule has 0 aliphatic carbocycles. The fraction of sp³-hybridized carbons (Fsp3) is 0.125. The predicted octanol–water partition coefficient (Wildman–Crippen LogP) is 1.88. The fourth-order valence-corrected chi connectivity index (χ4v) is 1.39. The van der Waals surface area contributed by atoms with Gasteiger partial charge in [0.1, 0.15) is 11.7 Å². The molecule has 0 atom stereocenters. The number of nitrogens with zero attached hydrogens (tertiary/aromatic N) is 1. The third-order valence-corrected chi connectivity index (χ3v) is 2.25. The average Bonchev–Trinajstić information content (AvgIpc) is 2.09. The fourth-order valence-electron chi connectivity index (χ4n) is 0.896. The zero-order valence-corrected chi connectivity index (χ0v) is 8.25. The van der Waals surface area contributed by atoms with Crippen LogP contribution in [0.25, 0.3) is 0 Å². The molecule has 0 heterocycles. The normalized spacial score (nSPS) is 11.7. The van der Waals surface area contributed by atoms with Gasteiger partial charge in [0.05, 0.1) is 0 Å². The van der Waals surface area contributed by atoms with Crippen LogP contribution in [-0.4, -0.2) is 11.0 Å². The summed E-state index contributed by atoms with van der Waals surface area (Å²) in [5.74, 6) is -0.234. The Hall–Kier alpha value is -1.10. The van der Waals surface area contributed by atoms with Gasteiger partial charge in [-0.25, -0.2) is 4.39 Å². The van der Waals surface area contributed by atoms with Gasteiger partial charge < -0.3 is 10.9 Å². The van der Waals surface area contributed by atoms with Crippen LogP contribution in [0.1, 0.15) is 5.56 Å². The summed E-state index contributed by atoms with van der Waals surface area (Å²) in [6, 6.07) is 4.24. The van der Waals surface area contributed by atoms with Gasteiger partial charge in [0.15, 0.2) is 0 Å². The van der Waals surface area contributed by atoms with Crippen molar-refractivity contribution in [3.05, 3.63) is 34.1 Å². The zero-order chi connectivity index (χ0) is 9.84. The van der Waals surface area contributed by atoms with Crippen LogP contribution < -0.4 is 5.73 Å². The number of hydrogen-bond donors (Lipinski definition) is 2. The summed E-state index contributed by atoms with van der Waals surface area (Å²) in [6.45, 7) is 0. The van der Waals surface area contributed by atoms with Crippen molar-refractivity contribution in [2.45, 2.75) is 6.42 Å². The molecule has 0 aromatic heterocycles. The zero-order valence-electron chi connectivity index (χ0n) is 6.67. The molecule has 0 bridgehead atoms. The largest absolute Gasteiger partial charge is 0.409 e. The van der Waals surface area contributed by atoms with Crippen LogP contribution in [-0.2, 0) is 6.42 Å². The summed E-state index contributed by atoms with van der Waals surface area (Å²) in [7, 11) is 0. The Morgan fingerprint density at radius 2 is 2.31 bits per heavy atom. The molecule has 3 N–H and O–H groups in total. The van der Waals surface area contributed by atoms with E-state index in [1.165, 1.54) is 12.1 Å². The van der Waals surface area contributed by atoms with Crippen molar-refractivity contribution in [2.75, 3.05) is 0 Å². The van der Waals surface area contributed by atoms with Crippen molar-refractivity contribution in [2.24, 2.45) is 10.9 Å². The van der Waals surface area contributed by atoms with Crippen LogP contribution in [0, 0.1) is 5.82 Å². The van der Waals surface area contributed by atoms with E-state index >= 15 is 0 Å². The summed E-state index contributed by atoms with van der Waals surface area (Å²) in [6.07, 6.45) is 0.289. The molecule has 70 valence electrons. The second-order valence-corrected chi connectivity index (χ2v) is 3.36. The highest BCUT2D eigenvalue weighted by atomic mass is 79.9. The quantitative estimate of drug-likeness (QED) is 0.363. The molecule has 1 aromatic rings. The first-order valence-corrected chi connectivity index (χ1v) is 4.33. The van der Waals surface area contributed by atoms with Gasteiger partial charge >= 0.3 is 0 Å². The molecule has 0 aliphatic rings. The Kier molecular flexibility index (Phi) is 3.25. The third kappa shape index (κ3) is 2.69. The molecule has 0 saturated heterocycles. The number of nitrogens with two attached hydrogens (primary N) is 1. The SMILES string of the molecule is N/C(Cc1ccc(F)cc1Br)=N/O. The minimum atomic E-state index is -0.324. The minimum Gasteiger partial charge on any atom is -0.409 e. The Bertz CT molecular complexity index is 341. The lowest BCUT2D eigenvalue weighted by Gasteiger charge is -2.02. The lowest BCUT2D eigenvalue weighted by Crippen LogP contribution is -2.14. The monoisotopic (exact) mass is 246 g/mol. The van der Waals surface area contributed by atoms with E-state index in [0.29, 0.717) is 4.47 Å². The van der Waals surface area contributed by atoms with Crippen LogP contribution in [0.2, 0.25) is 0 Å². The molecule has 1 aromatic carbocycles. The van der Waals surface area contributed by atoms with E-state index in [-0.39, 0.29) is 18.1 Å². The van der Waals surface area contributed by atoms with Crippen molar-refractivity contribution >= 4 is 21.8 Å². The molecule has 0 saturated carbocycles. The number of amidine groups is 1. The van der Waals surface area contributed by atoms with Gasteiger partial charge in [-0.15, -0.1) is 0 Å².